The Morgan fingerprint density at radius 2 is 1.67 bits per heavy atom. The van der Waals surface area contributed by atoms with E-state index in [4.69, 9.17) is 4.74 Å². The molecule has 0 aromatic carbocycles. The molecule has 2 atom stereocenters. The zero-order chi connectivity index (χ0) is 20.5. The average molecular weight is 630 g/mol. The molecule has 3 N–H and O–H groups in total. The van der Waals surface area contributed by atoms with Crippen LogP contribution < -0.4 is 7.06 Å². The molecule has 0 bridgehead atoms. The van der Waals surface area contributed by atoms with Gasteiger partial charge in [0, 0.05) is 0 Å². The molecule has 2 heterocycles. The van der Waals surface area contributed by atoms with Gasteiger partial charge in [-0.05, 0) is 0 Å². The molecule has 2 saturated heterocycles. The topological polar surface area (TPSA) is 90.4 Å². The van der Waals surface area contributed by atoms with Gasteiger partial charge in [-0.15, -0.1) is 0 Å². The Kier molecular flexibility index (Phi) is 5.48. The minimum atomic E-state index is -6.04. The van der Waals surface area contributed by atoms with E-state index in [1.54, 1.807) is 22.6 Å². The number of hydrogen-bond donors (Lipinski definition) is 3. The Balaban J connectivity index is 1.88. The van der Waals surface area contributed by atoms with Gasteiger partial charge in [-0.2, -0.15) is 0 Å². The van der Waals surface area contributed by atoms with Crippen molar-refractivity contribution in [2.75, 3.05) is 0 Å². The molecule has 27 heavy (non-hydrogen) atoms. The monoisotopic (exact) mass is 630 g/mol. The van der Waals surface area contributed by atoms with E-state index >= 15 is 0 Å². The first-order chi connectivity index (χ1) is 12.2. The molecular weight excluding hydrogens is 612 g/mol. The number of carbonyl (C=O) groups excluding carboxylic acids is 1. The predicted octanol–water partition coefficient (Wildman–Crippen LogP) is 3.72. The molecule has 5 nitrogen and oxygen atoms in total. The standard InChI is InChI=1S/C14H18F6I2N2O3/c1-10(21,14-22(23-14)24-14)9(25)27-8(6-7-4-2-3-5-7)11(26,12(15,16)17)13(18,19)20/h7-8,23-24,26H,2-6H2,1H3. The van der Waals surface area contributed by atoms with Crippen LogP contribution in [0.15, 0.2) is 0 Å². The van der Waals surface area contributed by atoms with E-state index < -0.39 is 69.8 Å². The summed E-state index contributed by atoms with van der Waals surface area (Å²) in [7, 11) is 0. The molecule has 3 aliphatic rings. The van der Waals surface area contributed by atoms with Crippen molar-refractivity contribution in [2.45, 2.75) is 70.2 Å². The molecule has 13 heteroatoms. The molecule has 0 amide bonds. The molecule has 2 aliphatic heterocycles. The number of hydrogen-bond acceptors (Lipinski definition) is 5. The van der Waals surface area contributed by atoms with E-state index in [-0.39, 0.29) is 0 Å². The van der Waals surface area contributed by atoms with Gasteiger partial charge in [-0.3, -0.25) is 0 Å². The van der Waals surface area contributed by atoms with Crippen LogP contribution in [0.2, 0.25) is 0 Å². The van der Waals surface area contributed by atoms with Gasteiger partial charge in [0.25, 0.3) is 0 Å². The minimum absolute atomic E-state index is 0.435. The molecule has 158 valence electrons. The van der Waals surface area contributed by atoms with Gasteiger partial charge in [0.15, 0.2) is 0 Å². The van der Waals surface area contributed by atoms with Crippen LogP contribution in [-0.4, -0.2) is 42.2 Å². The quantitative estimate of drug-likeness (QED) is 0.0793. The molecule has 2 unspecified atom stereocenters. The first kappa shape index (κ1) is 22.1. The average Bonchev–Trinajstić information content (AvgIpc) is 3.32. The van der Waals surface area contributed by atoms with Crippen LogP contribution in [0.5, 0.6) is 0 Å². The fourth-order valence-electron chi connectivity index (χ4n) is 3.34. The van der Waals surface area contributed by atoms with Crippen molar-refractivity contribution in [3.8, 4) is 0 Å². The predicted molar refractivity (Wildman–Crippen MR) is 99.0 cm³/mol. The van der Waals surface area contributed by atoms with Crippen molar-refractivity contribution in [2.24, 2.45) is 5.92 Å². The zero-order valence-electron chi connectivity index (χ0n) is 14.0. The van der Waals surface area contributed by atoms with Crippen LogP contribution in [-0.2, 0) is 9.53 Å². The summed E-state index contributed by atoms with van der Waals surface area (Å²) < 4.78 is 88.8. The van der Waals surface area contributed by atoms with E-state index in [0.29, 0.717) is 25.7 Å². The number of alkyl halides is 8. The second kappa shape index (κ2) is 6.70. The third kappa shape index (κ3) is 3.56. The number of nitrogens with one attached hydrogen (secondary N) is 2. The second-order valence-electron chi connectivity index (χ2n) is 7.18. The first-order valence-corrected chi connectivity index (χ1v) is 12.5. The van der Waals surface area contributed by atoms with E-state index in [9.17, 15) is 36.2 Å². The van der Waals surface area contributed by atoms with Crippen LogP contribution in [0, 0.1) is 5.92 Å². The van der Waals surface area contributed by atoms with Gasteiger partial charge in [0.2, 0.25) is 0 Å². The summed E-state index contributed by atoms with van der Waals surface area (Å²) in [5.74, 6) is -1.67. The summed E-state index contributed by atoms with van der Waals surface area (Å²) in [4.78, 5) is 12.5. The van der Waals surface area contributed by atoms with E-state index in [2.05, 4.69) is 7.06 Å². The van der Waals surface area contributed by atoms with Crippen molar-refractivity contribution in [3.63, 3.8) is 0 Å². The van der Waals surface area contributed by atoms with Crippen LogP contribution >= 0.6 is 43.0 Å². The SMILES string of the molecule is CC(I)(C(=O)OC(CC1CCCC1)C(O)(C(F)(F)F)C(F)(F)F)C12NI1N2. The zero-order valence-corrected chi connectivity index (χ0v) is 18.3. The van der Waals surface area contributed by atoms with Gasteiger partial charge >= 0.3 is 173 Å². The molecule has 3 rings (SSSR count). The van der Waals surface area contributed by atoms with Crippen LogP contribution in [0.3, 0.4) is 0 Å². The Morgan fingerprint density at radius 1 is 1.22 bits per heavy atom. The fourth-order valence-corrected chi connectivity index (χ4v) is 11.1. The second-order valence-corrected chi connectivity index (χ2v) is 13.6. The van der Waals surface area contributed by atoms with Crippen LogP contribution in [0.25, 0.3) is 0 Å². The number of halogens is 8. The Morgan fingerprint density at radius 3 is 2.04 bits per heavy atom. The maximum absolute atomic E-state index is 13.3. The van der Waals surface area contributed by atoms with E-state index in [1.807, 2.05) is 0 Å². The summed E-state index contributed by atoms with van der Waals surface area (Å²) in [5, 5.41) is 9.80. The van der Waals surface area contributed by atoms with Gasteiger partial charge in [-0.25, -0.2) is 0 Å². The summed E-state index contributed by atoms with van der Waals surface area (Å²) in [6.45, 7) is 1.40. The molecule has 0 aromatic heterocycles. The van der Waals surface area contributed by atoms with Crippen LogP contribution in [0.1, 0.15) is 39.0 Å². The summed E-state index contributed by atoms with van der Waals surface area (Å²) in [5.41, 5.74) is -5.12. The molecule has 1 aliphatic carbocycles. The van der Waals surface area contributed by atoms with Gasteiger partial charge in [0.05, 0.1) is 0 Å². The maximum atomic E-state index is 13.3. The Labute approximate surface area is 172 Å². The number of fused-ring (bicyclic) bond motifs is 1. The van der Waals surface area contributed by atoms with Crippen LogP contribution in [0.4, 0.5) is 26.3 Å². The number of ether oxygens (including phenoxy) is 1. The van der Waals surface area contributed by atoms with Crippen molar-refractivity contribution in [1.82, 2.24) is 7.06 Å². The number of rotatable bonds is 6. The van der Waals surface area contributed by atoms with Crippen molar-refractivity contribution >= 4 is 48.9 Å². The molecule has 0 spiro atoms. The third-order valence-corrected chi connectivity index (χ3v) is 12.4. The fraction of sp³-hybridized carbons (Fsp3) is 0.929. The van der Waals surface area contributed by atoms with Gasteiger partial charge < -0.3 is 0 Å². The first-order valence-electron chi connectivity index (χ1n) is 8.18. The Bertz CT molecular complexity index is 601. The van der Waals surface area contributed by atoms with E-state index in [1.165, 1.54) is 6.92 Å². The molecule has 0 aromatic rings. The van der Waals surface area contributed by atoms with Crippen molar-refractivity contribution in [3.05, 3.63) is 0 Å². The molecule has 3 fully saturated rings. The summed E-state index contributed by atoms with van der Waals surface area (Å²) >= 11 is -0.0326. The van der Waals surface area contributed by atoms with Gasteiger partial charge in [0.1, 0.15) is 0 Å². The number of aliphatic hydroxyl groups is 1. The summed E-state index contributed by atoms with van der Waals surface area (Å²) in [6, 6.07) is 0. The van der Waals surface area contributed by atoms with Crippen molar-refractivity contribution < 1.29 is 41.0 Å². The molecule has 0 radical (unpaired) electrons. The summed E-state index contributed by atoms with van der Waals surface area (Å²) in [6.07, 6.45) is -13.3. The van der Waals surface area contributed by atoms with Crippen molar-refractivity contribution in [1.29, 1.82) is 0 Å². The third-order valence-electron chi connectivity index (χ3n) is 5.29. The number of esters is 1. The van der Waals surface area contributed by atoms with E-state index in [0.717, 1.165) is 0 Å². The number of carbonyl (C=O) groups is 1. The van der Waals surface area contributed by atoms with Gasteiger partial charge in [-0.1, -0.05) is 0 Å². The molecular formula is C14H18F6I2N2O3. The normalized spacial score (nSPS) is 26.9. The molecule has 1 saturated carbocycles. The Hall–Kier alpha value is 0.390.